The summed E-state index contributed by atoms with van der Waals surface area (Å²) >= 11 is 12.5. The lowest BCUT2D eigenvalue weighted by Crippen LogP contribution is -2.21. The van der Waals surface area contributed by atoms with Gasteiger partial charge in [0.15, 0.2) is 0 Å². The number of halogens is 2. The molecule has 23 heavy (non-hydrogen) atoms. The highest BCUT2D eigenvalue weighted by Crippen LogP contribution is 2.45. The van der Waals surface area contributed by atoms with Crippen molar-refractivity contribution < 1.29 is 0 Å². The fourth-order valence-electron chi connectivity index (χ4n) is 3.61. The van der Waals surface area contributed by atoms with Gasteiger partial charge in [-0.1, -0.05) is 48.0 Å². The molecule has 1 aromatic carbocycles. The van der Waals surface area contributed by atoms with E-state index in [1.165, 1.54) is 11.3 Å². The maximum atomic E-state index is 6.31. The molecule has 2 aliphatic rings. The Morgan fingerprint density at radius 3 is 2.78 bits per heavy atom. The van der Waals surface area contributed by atoms with Crippen LogP contribution >= 0.6 is 23.2 Å². The number of allylic oxidation sites excluding steroid dienone is 5. The second-order valence-corrected chi connectivity index (χ2v) is 6.98. The van der Waals surface area contributed by atoms with Gasteiger partial charge in [0.25, 0.3) is 0 Å². The van der Waals surface area contributed by atoms with Crippen molar-refractivity contribution in [3.05, 3.63) is 58.1 Å². The van der Waals surface area contributed by atoms with Crippen LogP contribution in [0.25, 0.3) is 5.57 Å². The molecule has 4 heteroatoms. The van der Waals surface area contributed by atoms with Crippen LogP contribution in [0.15, 0.2) is 47.0 Å². The minimum atomic E-state index is 0.489. The molecule has 2 aliphatic heterocycles. The summed E-state index contributed by atoms with van der Waals surface area (Å²) in [5, 5.41) is 8.37. The van der Waals surface area contributed by atoms with Gasteiger partial charge in [-0.3, -0.25) is 0 Å². The Morgan fingerprint density at radius 2 is 2.04 bits per heavy atom. The highest BCUT2D eigenvalue weighted by atomic mass is 35.5. The summed E-state index contributed by atoms with van der Waals surface area (Å²) in [6, 6.07) is 6.85. The molecule has 2 heterocycles. The monoisotopic (exact) mass is 348 g/mol. The number of rotatable bonds is 3. The van der Waals surface area contributed by atoms with Crippen molar-refractivity contribution in [1.82, 2.24) is 5.32 Å². The molecule has 0 spiro atoms. The third-order valence-electron chi connectivity index (χ3n) is 4.71. The number of anilines is 1. The molecule has 0 amide bonds. The highest BCUT2D eigenvalue weighted by molar-refractivity contribution is 6.38. The van der Waals surface area contributed by atoms with E-state index in [1.807, 2.05) is 19.1 Å². The van der Waals surface area contributed by atoms with Crippen molar-refractivity contribution >= 4 is 34.5 Å². The summed E-state index contributed by atoms with van der Waals surface area (Å²) < 4.78 is 0. The molecule has 0 bridgehead atoms. The van der Waals surface area contributed by atoms with Gasteiger partial charge in [-0.15, -0.1) is 0 Å². The zero-order chi connectivity index (χ0) is 16.4. The van der Waals surface area contributed by atoms with Crippen molar-refractivity contribution in [3.8, 4) is 0 Å². The molecule has 0 saturated carbocycles. The molecule has 0 radical (unpaired) electrons. The number of nitrogens with one attached hydrogen (secondary N) is 2. The van der Waals surface area contributed by atoms with Crippen molar-refractivity contribution in [2.45, 2.75) is 31.7 Å². The second kappa shape index (κ2) is 7.12. The Bertz CT molecular complexity index is 676. The van der Waals surface area contributed by atoms with E-state index in [4.69, 9.17) is 23.2 Å². The Balaban J connectivity index is 2.10. The summed E-state index contributed by atoms with van der Waals surface area (Å²) in [5.41, 5.74) is 4.63. The van der Waals surface area contributed by atoms with E-state index in [9.17, 15) is 0 Å². The van der Waals surface area contributed by atoms with Crippen LogP contribution in [0.5, 0.6) is 0 Å². The van der Waals surface area contributed by atoms with Gasteiger partial charge in [-0.25, -0.2) is 0 Å². The second-order valence-electron chi connectivity index (χ2n) is 6.09. The Hall–Kier alpha value is -1.22. The fourth-order valence-corrected chi connectivity index (χ4v) is 3.87. The summed E-state index contributed by atoms with van der Waals surface area (Å²) in [6.07, 6.45) is 6.03. The maximum absolute atomic E-state index is 6.31. The van der Waals surface area contributed by atoms with E-state index < -0.39 is 0 Å². The van der Waals surface area contributed by atoms with Gasteiger partial charge in [0.1, 0.15) is 0 Å². The zero-order valence-corrected chi connectivity index (χ0v) is 14.8. The molecule has 0 aliphatic carbocycles. The number of fused-ring (bicyclic) bond motifs is 3. The van der Waals surface area contributed by atoms with Gasteiger partial charge in [-0.05, 0) is 56.1 Å². The standard InChI is InChI=1S/C19H22Cl2N2/c1-3-13(21)11-16(12(2)20)14-5-4-6-18-19(14)15-7-9-22-10-8-17(15)23-18/h3-6,11,15,17,22-23H,2,7-10H2,1H3/b13-3+,16-11+. The van der Waals surface area contributed by atoms with E-state index in [0.717, 1.165) is 37.1 Å². The smallest absolute Gasteiger partial charge is 0.0413 e. The maximum Gasteiger partial charge on any atom is 0.0413 e. The van der Waals surface area contributed by atoms with Crippen LogP contribution in [-0.4, -0.2) is 19.1 Å². The first-order valence-corrected chi connectivity index (χ1v) is 8.86. The van der Waals surface area contributed by atoms with Crippen LogP contribution in [0.1, 0.15) is 36.8 Å². The molecular weight excluding hydrogens is 327 g/mol. The number of hydrogen-bond acceptors (Lipinski definition) is 2. The molecule has 122 valence electrons. The lowest BCUT2D eigenvalue weighted by molar-refractivity contribution is 0.578. The first-order valence-electron chi connectivity index (χ1n) is 8.10. The van der Waals surface area contributed by atoms with Crippen molar-refractivity contribution in [1.29, 1.82) is 0 Å². The lowest BCUT2D eigenvalue weighted by Gasteiger charge is -2.19. The molecule has 2 atom stereocenters. The molecule has 1 fully saturated rings. The molecule has 1 saturated heterocycles. The lowest BCUT2D eigenvalue weighted by atomic mass is 9.85. The number of hydrogen-bond donors (Lipinski definition) is 2. The van der Waals surface area contributed by atoms with Crippen molar-refractivity contribution in [3.63, 3.8) is 0 Å². The minimum absolute atomic E-state index is 0.489. The van der Waals surface area contributed by atoms with Gasteiger partial charge >= 0.3 is 0 Å². The first kappa shape index (κ1) is 16.6. The third-order valence-corrected chi connectivity index (χ3v) is 5.24. The van der Waals surface area contributed by atoms with Gasteiger partial charge in [0, 0.05) is 33.3 Å². The molecule has 3 rings (SSSR count). The molecular formula is C19H22Cl2N2. The van der Waals surface area contributed by atoms with Crippen LogP contribution in [0.3, 0.4) is 0 Å². The van der Waals surface area contributed by atoms with Gasteiger partial charge in [0.2, 0.25) is 0 Å². The molecule has 0 aromatic heterocycles. The Morgan fingerprint density at radius 1 is 1.26 bits per heavy atom. The summed E-state index contributed by atoms with van der Waals surface area (Å²) in [5.74, 6) is 0.500. The molecule has 2 N–H and O–H groups in total. The average Bonchev–Trinajstić information content (AvgIpc) is 2.74. The Kier molecular flexibility index (Phi) is 5.15. The van der Waals surface area contributed by atoms with Crippen LogP contribution in [0.2, 0.25) is 0 Å². The zero-order valence-electron chi connectivity index (χ0n) is 13.3. The third kappa shape index (κ3) is 3.35. The van der Waals surface area contributed by atoms with Crippen LogP contribution in [0.4, 0.5) is 5.69 Å². The van der Waals surface area contributed by atoms with Crippen LogP contribution < -0.4 is 10.6 Å². The molecule has 2 unspecified atom stereocenters. The van der Waals surface area contributed by atoms with E-state index >= 15 is 0 Å². The first-order chi connectivity index (χ1) is 11.1. The topological polar surface area (TPSA) is 24.1 Å². The van der Waals surface area contributed by atoms with Gasteiger partial charge in [0.05, 0.1) is 0 Å². The van der Waals surface area contributed by atoms with Gasteiger partial charge in [-0.2, -0.15) is 0 Å². The Labute approximate surface area is 148 Å². The predicted octanol–water partition coefficient (Wildman–Crippen LogP) is 5.23. The van der Waals surface area contributed by atoms with E-state index in [2.05, 4.69) is 35.4 Å². The van der Waals surface area contributed by atoms with Gasteiger partial charge < -0.3 is 10.6 Å². The average molecular weight is 349 g/mol. The van der Waals surface area contributed by atoms with Crippen molar-refractivity contribution in [2.24, 2.45) is 0 Å². The van der Waals surface area contributed by atoms with E-state index in [0.29, 0.717) is 22.0 Å². The van der Waals surface area contributed by atoms with E-state index in [-0.39, 0.29) is 0 Å². The van der Waals surface area contributed by atoms with Crippen LogP contribution in [0, 0.1) is 0 Å². The SMILES string of the molecule is C=C(Cl)/C(=C\C(Cl)=C/C)c1cccc2c1C1CCNCCC1N2. The summed E-state index contributed by atoms with van der Waals surface area (Å²) in [4.78, 5) is 0. The molecule has 2 nitrogen and oxygen atoms in total. The highest BCUT2D eigenvalue weighted by Gasteiger charge is 2.35. The number of benzene rings is 1. The normalized spacial score (nSPS) is 24.5. The summed E-state index contributed by atoms with van der Waals surface area (Å²) in [6.45, 7) is 7.97. The van der Waals surface area contributed by atoms with Crippen molar-refractivity contribution in [2.75, 3.05) is 18.4 Å². The summed E-state index contributed by atoms with van der Waals surface area (Å²) in [7, 11) is 0. The quantitative estimate of drug-likeness (QED) is 0.731. The van der Waals surface area contributed by atoms with E-state index in [1.54, 1.807) is 0 Å². The van der Waals surface area contributed by atoms with Crippen LogP contribution in [-0.2, 0) is 0 Å². The fraction of sp³-hybridized carbons (Fsp3) is 0.368. The minimum Gasteiger partial charge on any atom is -0.381 e. The molecule has 1 aromatic rings. The predicted molar refractivity (Wildman–Crippen MR) is 101 cm³/mol. The largest absolute Gasteiger partial charge is 0.381 e.